The molecule has 0 aliphatic heterocycles. The largest absolute Gasteiger partial charge is 0.300 e. The first-order valence-electron chi connectivity index (χ1n) is 4.82. The Hall–Kier alpha value is -1.98. The van der Waals surface area contributed by atoms with Crippen molar-refractivity contribution in [2.75, 3.05) is 4.72 Å². The van der Waals surface area contributed by atoms with Crippen LogP contribution in [0.2, 0.25) is 4.34 Å². The van der Waals surface area contributed by atoms with Crippen molar-refractivity contribution >= 4 is 44.5 Å². The highest BCUT2D eigenvalue weighted by Gasteiger charge is 2.25. The van der Waals surface area contributed by atoms with Gasteiger partial charge in [0.1, 0.15) is 4.21 Å². The molecule has 0 aromatic carbocycles. The van der Waals surface area contributed by atoms with Crippen molar-refractivity contribution in [2.45, 2.75) is 4.21 Å². The summed E-state index contributed by atoms with van der Waals surface area (Å²) >= 11 is 6.14. The number of sulfonamides is 1. The van der Waals surface area contributed by atoms with Crippen LogP contribution < -0.4 is 10.3 Å². The fourth-order valence-corrected chi connectivity index (χ4v) is 3.85. The minimum absolute atomic E-state index is 0.128. The molecule has 106 valence electrons. The van der Waals surface area contributed by atoms with Gasteiger partial charge in [-0.05, 0) is 6.07 Å². The van der Waals surface area contributed by atoms with Crippen LogP contribution in [0.15, 0.2) is 27.2 Å². The molecule has 0 atom stereocenters. The number of aromatic amines is 1. The Kier molecular flexibility index (Phi) is 3.74. The van der Waals surface area contributed by atoms with Crippen LogP contribution in [0.3, 0.4) is 0 Å². The first kappa shape index (κ1) is 14.4. The van der Waals surface area contributed by atoms with Gasteiger partial charge in [-0.25, -0.2) is 13.5 Å². The lowest BCUT2D eigenvalue weighted by atomic mass is 10.5. The van der Waals surface area contributed by atoms with Crippen LogP contribution in [-0.2, 0) is 10.0 Å². The molecule has 9 nitrogen and oxygen atoms in total. The van der Waals surface area contributed by atoms with Crippen molar-refractivity contribution in [3.05, 3.63) is 43.0 Å². The van der Waals surface area contributed by atoms with Gasteiger partial charge in [0.05, 0.1) is 4.92 Å². The van der Waals surface area contributed by atoms with E-state index >= 15 is 0 Å². The number of nitrogens with one attached hydrogen (secondary N) is 2. The second kappa shape index (κ2) is 5.19. The van der Waals surface area contributed by atoms with E-state index in [1.807, 2.05) is 5.10 Å². The SMILES string of the molecule is O=c1ccc(NS(=O)(=O)c2cc([N+](=O)[O-])c(Cl)s2)n[nH]1. The lowest BCUT2D eigenvalue weighted by Crippen LogP contribution is -2.15. The number of hydrogen-bond acceptors (Lipinski definition) is 7. The van der Waals surface area contributed by atoms with E-state index in [0.717, 1.165) is 18.2 Å². The molecule has 0 spiro atoms. The van der Waals surface area contributed by atoms with E-state index in [1.54, 1.807) is 0 Å². The molecular formula is C8H5ClN4O5S2. The first-order chi connectivity index (χ1) is 9.29. The maximum Gasteiger partial charge on any atom is 0.300 e. The summed E-state index contributed by atoms with van der Waals surface area (Å²) in [5.74, 6) is -0.128. The molecule has 0 aliphatic rings. The molecule has 0 aliphatic carbocycles. The van der Waals surface area contributed by atoms with Crippen LogP contribution in [0, 0.1) is 10.1 Å². The second-order valence-corrected chi connectivity index (χ2v) is 6.96. The third-order valence-electron chi connectivity index (χ3n) is 2.03. The van der Waals surface area contributed by atoms with Gasteiger partial charge in [0.2, 0.25) is 0 Å². The van der Waals surface area contributed by atoms with Crippen LogP contribution in [0.25, 0.3) is 0 Å². The van der Waals surface area contributed by atoms with Crippen molar-refractivity contribution in [1.82, 2.24) is 10.2 Å². The van der Waals surface area contributed by atoms with E-state index < -0.39 is 26.2 Å². The second-order valence-electron chi connectivity index (χ2n) is 3.39. The average molecular weight is 337 g/mol. The summed E-state index contributed by atoms with van der Waals surface area (Å²) in [6.07, 6.45) is 0. The smallest absolute Gasteiger partial charge is 0.268 e. The standard InChI is InChI=1S/C8H5ClN4O5S2/c9-8-4(13(15)16)3-7(19-8)20(17,18)12-5-1-2-6(14)11-10-5/h1-3H,(H,10,12)(H,11,14). The van der Waals surface area contributed by atoms with Crippen LogP contribution in [0.5, 0.6) is 0 Å². The molecule has 0 fully saturated rings. The van der Waals surface area contributed by atoms with Crippen LogP contribution in [0.4, 0.5) is 11.5 Å². The molecule has 2 N–H and O–H groups in total. The lowest BCUT2D eigenvalue weighted by Gasteiger charge is -2.03. The normalized spacial score (nSPS) is 11.2. The number of aromatic nitrogens is 2. The number of H-pyrrole nitrogens is 1. The van der Waals surface area contributed by atoms with E-state index in [9.17, 15) is 23.3 Å². The van der Waals surface area contributed by atoms with Gasteiger partial charge in [0.25, 0.3) is 21.3 Å². The minimum atomic E-state index is -4.07. The number of nitro groups is 1. The Morgan fingerprint density at radius 1 is 1.45 bits per heavy atom. The molecular weight excluding hydrogens is 332 g/mol. The highest BCUT2D eigenvalue weighted by atomic mass is 35.5. The number of nitrogens with zero attached hydrogens (tertiary/aromatic N) is 2. The summed E-state index contributed by atoms with van der Waals surface area (Å²) in [5, 5.41) is 16.1. The van der Waals surface area contributed by atoms with Gasteiger partial charge < -0.3 is 0 Å². The zero-order valence-corrected chi connectivity index (χ0v) is 11.8. The van der Waals surface area contributed by atoms with Crippen molar-refractivity contribution in [3.63, 3.8) is 0 Å². The van der Waals surface area contributed by atoms with Gasteiger partial charge in [-0.2, -0.15) is 5.10 Å². The molecule has 2 heterocycles. The third-order valence-corrected chi connectivity index (χ3v) is 5.19. The van der Waals surface area contributed by atoms with E-state index in [2.05, 4.69) is 9.82 Å². The number of thiophene rings is 1. The molecule has 12 heteroatoms. The third kappa shape index (κ3) is 2.95. The highest BCUT2D eigenvalue weighted by Crippen LogP contribution is 2.36. The Morgan fingerprint density at radius 2 is 2.15 bits per heavy atom. The van der Waals surface area contributed by atoms with Crippen LogP contribution >= 0.6 is 22.9 Å². The van der Waals surface area contributed by atoms with E-state index in [0.29, 0.717) is 11.3 Å². The monoisotopic (exact) mass is 336 g/mol. The summed E-state index contributed by atoms with van der Waals surface area (Å²) in [6.45, 7) is 0. The Bertz CT molecular complexity index is 807. The predicted molar refractivity (Wildman–Crippen MR) is 71.6 cm³/mol. The van der Waals surface area contributed by atoms with Gasteiger partial charge >= 0.3 is 0 Å². The molecule has 0 amide bonds. The van der Waals surface area contributed by atoms with Crippen LogP contribution in [-0.4, -0.2) is 23.5 Å². The van der Waals surface area contributed by atoms with E-state index in [4.69, 9.17) is 11.6 Å². The van der Waals surface area contributed by atoms with Crippen LogP contribution in [0.1, 0.15) is 0 Å². The zero-order chi connectivity index (χ0) is 14.9. The average Bonchev–Trinajstić information content (AvgIpc) is 2.75. The van der Waals surface area contributed by atoms with Gasteiger partial charge in [0.15, 0.2) is 10.2 Å². The quantitative estimate of drug-likeness (QED) is 0.636. The molecule has 2 aromatic rings. The number of halogens is 1. The molecule has 0 bridgehead atoms. The van der Waals surface area contributed by atoms with Gasteiger partial charge in [-0.3, -0.25) is 19.6 Å². The molecule has 0 unspecified atom stereocenters. The fraction of sp³-hybridized carbons (Fsp3) is 0. The van der Waals surface area contributed by atoms with Crippen molar-refractivity contribution in [3.8, 4) is 0 Å². The Labute approximate surface area is 120 Å². The molecule has 2 rings (SSSR count). The summed E-state index contributed by atoms with van der Waals surface area (Å²) in [5.41, 5.74) is -0.991. The highest BCUT2D eigenvalue weighted by molar-refractivity contribution is 7.94. The maximum absolute atomic E-state index is 12.0. The van der Waals surface area contributed by atoms with E-state index in [1.165, 1.54) is 0 Å². The number of hydrogen-bond donors (Lipinski definition) is 2. The number of rotatable bonds is 4. The molecule has 2 aromatic heterocycles. The van der Waals surface area contributed by atoms with E-state index in [-0.39, 0.29) is 14.4 Å². The molecule has 0 saturated carbocycles. The predicted octanol–water partition coefficient (Wildman–Crippen LogP) is 1.19. The van der Waals surface area contributed by atoms with Gasteiger partial charge in [-0.15, -0.1) is 11.3 Å². The lowest BCUT2D eigenvalue weighted by molar-refractivity contribution is -0.384. The van der Waals surface area contributed by atoms with Gasteiger partial charge in [0, 0.05) is 12.1 Å². The first-order valence-corrected chi connectivity index (χ1v) is 7.49. The Morgan fingerprint density at radius 3 is 2.65 bits per heavy atom. The molecule has 0 saturated heterocycles. The van der Waals surface area contributed by atoms with Gasteiger partial charge in [-0.1, -0.05) is 11.6 Å². The van der Waals surface area contributed by atoms with Crippen molar-refractivity contribution in [1.29, 1.82) is 0 Å². The zero-order valence-electron chi connectivity index (χ0n) is 9.36. The maximum atomic E-state index is 12.0. The van der Waals surface area contributed by atoms with Crippen molar-refractivity contribution < 1.29 is 13.3 Å². The number of anilines is 1. The Balaban J connectivity index is 2.35. The molecule has 20 heavy (non-hydrogen) atoms. The summed E-state index contributed by atoms with van der Waals surface area (Å²) in [4.78, 5) is 20.6. The molecule has 0 radical (unpaired) electrons. The summed E-state index contributed by atoms with van der Waals surface area (Å²) in [6, 6.07) is 3.08. The topological polar surface area (TPSA) is 135 Å². The minimum Gasteiger partial charge on any atom is -0.268 e. The summed E-state index contributed by atoms with van der Waals surface area (Å²) in [7, 11) is -4.07. The fourth-order valence-electron chi connectivity index (χ4n) is 1.18. The summed E-state index contributed by atoms with van der Waals surface area (Å²) < 4.78 is 25.4. The van der Waals surface area contributed by atoms with Crippen molar-refractivity contribution in [2.24, 2.45) is 0 Å².